The molecule has 0 spiro atoms. The molecule has 0 bridgehead atoms. The molecule has 30 heavy (non-hydrogen) atoms. The standard InChI is InChI=1S/C24H25N3O3/c28-27(29)23-10-8-22(9-11-23)26-16-14-25(15-17-26)18-20-6-12-24(13-7-20)30-19-21-4-2-1-3-5-21/h1-13H,14-19H2. The molecule has 6 nitrogen and oxygen atoms in total. The number of piperazine rings is 1. The first kappa shape index (κ1) is 19.9. The molecule has 0 aromatic heterocycles. The smallest absolute Gasteiger partial charge is 0.269 e. The zero-order chi connectivity index (χ0) is 20.8. The maximum absolute atomic E-state index is 10.8. The van der Waals surface area contributed by atoms with Gasteiger partial charge in [-0.15, -0.1) is 0 Å². The highest BCUT2D eigenvalue weighted by atomic mass is 16.6. The van der Waals surface area contributed by atoms with Gasteiger partial charge in [0.2, 0.25) is 0 Å². The largest absolute Gasteiger partial charge is 0.489 e. The van der Waals surface area contributed by atoms with Crippen LogP contribution in [-0.2, 0) is 13.2 Å². The van der Waals surface area contributed by atoms with E-state index in [0.717, 1.165) is 49.7 Å². The molecule has 3 aromatic rings. The van der Waals surface area contributed by atoms with Crippen molar-refractivity contribution in [1.29, 1.82) is 0 Å². The third-order valence-corrected chi connectivity index (χ3v) is 5.38. The molecule has 1 aliphatic heterocycles. The van der Waals surface area contributed by atoms with E-state index in [0.29, 0.717) is 6.61 Å². The molecule has 0 aliphatic carbocycles. The van der Waals surface area contributed by atoms with Gasteiger partial charge >= 0.3 is 0 Å². The Bertz CT molecular complexity index is 951. The van der Waals surface area contributed by atoms with Gasteiger partial charge in [-0.25, -0.2) is 0 Å². The average molecular weight is 403 g/mol. The van der Waals surface area contributed by atoms with Crippen LogP contribution in [0.15, 0.2) is 78.9 Å². The number of rotatable bonds is 7. The number of benzene rings is 3. The van der Waals surface area contributed by atoms with E-state index in [1.807, 2.05) is 42.5 Å². The van der Waals surface area contributed by atoms with Gasteiger partial charge in [0.1, 0.15) is 12.4 Å². The number of anilines is 1. The highest BCUT2D eigenvalue weighted by Crippen LogP contribution is 2.21. The summed E-state index contributed by atoms with van der Waals surface area (Å²) < 4.78 is 5.86. The molecule has 0 saturated carbocycles. The van der Waals surface area contributed by atoms with Gasteiger partial charge in [0.05, 0.1) is 4.92 Å². The van der Waals surface area contributed by atoms with Gasteiger partial charge in [-0.1, -0.05) is 42.5 Å². The zero-order valence-electron chi connectivity index (χ0n) is 16.8. The minimum atomic E-state index is -0.361. The minimum Gasteiger partial charge on any atom is -0.489 e. The number of ether oxygens (including phenoxy) is 1. The van der Waals surface area contributed by atoms with Crippen molar-refractivity contribution in [2.75, 3.05) is 31.1 Å². The predicted molar refractivity (Wildman–Crippen MR) is 118 cm³/mol. The van der Waals surface area contributed by atoms with Gasteiger partial charge in [-0.3, -0.25) is 15.0 Å². The van der Waals surface area contributed by atoms with E-state index in [-0.39, 0.29) is 10.6 Å². The molecule has 1 saturated heterocycles. The van der Waals surface area contributed by atoms with Crippen LogP contribution in [0.5, 0.6) is 5.75 Å². The Labute approximate surface area is 176 Å². The third kappa shape index (κ3) is 5.15. The average Bonchev–Trinajstić information content (AvgIpc) is 2.80. The molecule has 3 aromatic carbocycles. The number of nitro benzene ring substituents is 1. The fraction of sp³-hybridized carbons (Fsp3) is 0.250. The second-order valence-corrected chi connectivity index (χ2v) is 7.45. The molecule has 4 rings (SSSR count). The molecule has 1 fully saturated rings. The van der Waals surface area contributed by atoms with Crippen LogP contribution < -0.4 is 9.64 Å². The maximum atomic E-state index is 10.8. The van der Waals surface area contributed by atoms with E-state index in [9.17, 15) is 10.1 Å². The van der Waals surface area contributed by atoms with Crippen molar-refractivity contribution in [3.63, 3.8) is 0 Å². The van der Waals surface area contributed by atoms with Crippen LogP contribution in [0, 0.1) is 10.1 Å². The summed E-state index contributed by atoms with van der Waals surface area (Å²) in [5, 5.41) is 10.8. The van der Waals surface area contributed by atoms with Gasteiger partial charge in [0.15, 0.2) is 0 Å². The van der Waals surface area contributed by atoms with Gasteiger partial charge in [0, 0.05) is 50.5 Å². The predicted octanol–water partition coefficient (Wildman–Crippen LogP) is 4.50. The molecule has 0 amide bonds. The first-order valence-electron chi connectivity index (χ1n) is 10.1. The lowest BCUT2D eigenvalue weighted by Crippen LogP contribution is -2.45. The van der Waals surface area contributed by atoms with Gasteiger partial charge < -0.3 is 9.64 Å². The molecule has 0 atom stereocenters. The molecule has 1 aliphatic rings. The van der Waals surface area contributed by atoms with E-state index in [2.05, 4.69) is 34.1 Å². The van der Waals surface area contributed by atoms with E-state index < -0.39 is 0 Å². The van der Waals surface area contributed by atoms with Crippen molar-refractivity contribution in [2.24, 2.45) is 0 Å². The summed E-state index contributed by atoms with van der Waals surface area (Å²) in [6.07, 6.45) is 0. The summed E-state index contributed by atoms with van der Waals surface area (Å²) >= 11 is 0. The molecule has 6 heteroatoms. The second kappa shape index (κ2) is 9.41. The Hall–Kier alpha value is -3.38. The van der Waals surface area contributed by atoms with E-state index in [4.69, 9.17) is 4.74 Å². The maximum Gasteiger partial charge on any atom is 0.269 e. The Balaban J connectivity index is 1.25. The fourth-order valence-electron chi connectivity index (χ4n) is 3.64. The molecule has 154 valence electrons. The molecule has 0 unspecified atom stereocenters. The molecule has 0 N–H and O–H groups in total. The minimum absolute atomic E-state index is 0.133. The lowest BCUT2D eigenvalue weighted by molar-refractivity contribution is -0.384. The molecular formula is C24H25N3O3. The summed E-state index contributed by atoms with van der Waals surface area (Å²) in [5.74, 6) is 0.880. The van der Waals surface area contributed by atoms with Crippen LogP contribution in [0.25, 0.3) is 0 Å². The van der Waals surface area contributed by atoms with Gasteiger partial charge in [-0.05, 0) is 35.4 Å². The summed E-state index contributed by atoms with van der Waals surface area (Å²) in [4.78, 5) is 15.2. The molecular weight excluding hydrogens is 378 g/mol. The lowest BCUT2D eigenvalue weighted by Gasteiger charge is -2.36. The van der Waals surface area contributed by atoms with Crippen molar-refractivity contribution in [1.82, 2.24) is 4.90 Å². The number of hydrogen-bond acceptors (Lipinski definition) is 5. The van der Waals surface area contributed by atoms with Crippen LogP contribution in [0.3, 0.4) is 0 Å². The molecule has 0 radical (unpaired) electrons. The van der Waals surface area contributed by atoms with Crippen molar-refractivity contribution < 1.29 is 9.66 Å². The van der Waals surface area contributed by atoms with Crippen LogP contribution >= 0.6 is 0 Å². The van der Waals surface area contributed by atoms with Gasteiger partial charge in [-0.2, -0.15) is 0 Å². The Morgan fingerprint density at radius 3 is 2.10 bits per heavy atom. The van der Waals surface area contributed by atoms with Crippen molar-refractivity contribution in [3.05, 3.63) is 100 Å². The number of nitrogens with zero attached hydrogens (tertiary/aromatic N) is 3. The number of hydrogen-bond donors (Lipinski definition) is 0. The summed E-state index contributed by atoms with van der Waals surface area (Å²) in [7, 11) is 0. The van der Waals surface area contributed by atoms with Crippen LogP contribution in [0.1, 0.15) is 11.1 Å². The normalized spacial score (nSPS) is 14.5. The summed E-state index contributed by atoms with van der Waals surface area (Å²) in [5.41, 5.74) is 3.60. The third-order valence-electron chi connectivity index (χ3n) is 5.38. The zero-order valence-corrected chi connectivity index (χ0v) is 16.8. The highest BCUT2D eigenvalue weighted by molar-refractivity contribution is 5.51. The Morgan fingerprint density at radius 1 is 0.800 bits per heavy atom. The SMILES string of the molecule is O=[N+]([O-])c1ccc(N2CCN(Cc3ccc(OCc4ccccc4)cc3)CC2)cc1. The monoisotopic (exact) mass is 403 g/mol. The number of nitro groups is 1. The van der Waals surface area contributed by atoms with Crippen LogP contribution in [0.4, 0.5) is 11.4 Å². The van der Waals surface area contributed by atoms with Crippen LogP contribution in [0.2, 0.25) is 0 Å². The Kier molecular flexibility index (Phi) is 6.25. The van der Waals surface area contributed by atoms with E-state index >= 15 is 0 Å². The van der Waals surface area contributed by atoms with E-state index in [1.165, 1.54) is 5.56 Å². The van der Waals surface area contributed by atoms with Crippen molar-refractivity contribution in [2.45, 2.75) is 13.2 Å². The topological polar surface area (TPSA) is 58.9 Å². The van der Waals surface area contributed by atoms with E-state index in [1.54, 1.807) is 12.1 Å². The Morgan fingerprint density at radius 2 is 1.47 bits per heavy atom. The quantitative estimate of drug-likeness (QED) is 0.430. The first-order chi connectivity index (χ1) is 14.7. The lowest BCUT2D eigenvalue weighted by atomic mass is 10.1. The first-order valence-corrected chi connectivity index (χ1v) is 10.1. The molecule has 1 heterocycles. The number of non-ortho nitro benzene ring substituents is 1. The highest BCUT2D eigenvalue weighted by Gasteiger charge is 2.18. The van der Waals surface area contributed by atoms with Crippen molar-refractivity contribution >= 4 is 11.4 Å². The second-order valence-electron chi connectivity index (χ2n) is 7.45. The summed E-state index contributed by atoms with van der Waals surface area (Å²) in [6, 6.07) is 25.3. The van der Waals surface area contributed by atoms with Crippen LogP contribution in [-0.4, -0.2) is 36.0 Å². The fourth-order valence-corrected chi connectivity index (χ4v) is 3.64. The van der Waals surface area contributed by atoms with Crippen molar-refractivity contribution in [3.8, 4) is 5.75 Å². The van der Waals surface area contributed by atoms with Gasteiger partial charge in [0.25, 0.3) is 5.69 Å². The summed E-state index contributed by atoms with van der Waals surface area (Å²) in [6.45, 7) is 5.23.